The summed E-state index contributed by atoms with van der Waals surface area (Å²) in [7, 11) is 0. The number of nitrogens with zero attached hydrogens (tertiary/aromatic N) is 3. The molecule has 2 unspecified atom stereocenters. The molecule has 2 heterocycles. The van der Waals surface area contributed by atoms with Crippen molar-refractivity contribution in [3.8, 4) is 0 Å². The van der Waals surface area contributed by atoms with Crippen molar-refractivity contribution < 1.29 is 0 Å². The van der Waals surface area contributed by atoms with Crippen LogP contribution in [0.2, 0.25) is 0 Å². The van der Waals surface area contributed by atoms with Crippen molar-refractivity contribution in [2.75, 3.05) is 0 Å². The van der Waals surface area contributed by atoms with E-state index in [0.717, 1.165) is 29.5 Å². The summed E-state index contributed by atoms with van der Waals surface area (Å²) in [6.45, 7) is 5.26. The Labute approximate surface area is 112 Å². The molecule has 0 radical (unpaired) electrons. The van der Waals surface area contributed by atoms with Crippen molar-refractivity contribution in [3.05, 3.63) is 24.2 Å². The van der Waals surface area contributed by atoms with E-state index in [-0.39, 0.29) is 5.38 Å². The fourth-order valence-corrected chi connectivity index (χ4v) is 2.73. The Balaban J connectivity index is 2.02. The second kappa shape index (κ2) is 4.54. The molecular formula is C14H18ClN3. The van der Waals surface area contributed by atoms with Crippen molar-refractivity contribution in [1.29, 1.82) is 0 Å². The second-order valence-electron chi connectivity index (χ2n) is 5.36. The first kappa shape index (κ1) is 12.0. The lowest BCUT2D eigenvalue weighted by Crippen LogP contribution is -2.13. The molecule has 3 rings (SSSR count). The van der Waals surface area contributed by atoms with Crippen LogP contribution in [0.1, 0.15) is 37.9 Å². The molecule has 1 aliphatic carbocycles. The first-order valence-electron chi connectivity index (χ1n) is 6.62. The van der Waals surface area contributed by atoms with Crippen LogP contribution >= 0.6 is 11.6 Å². The number of hydrogen-bond donors (Lipinski definition) is 0. The minimum absolute atomic E-state index is 0.0781. The largest absolute Gasteiger partial charge is 0.311 e. The highest BCUT2D eigenvalue weighted by Gasteiger charge is 2.29. The zero-order valence-electron chi connectivity index (χ0n) is 10.8. The highest BCUT2D eigenvalue weighted by molar-refractivity contribution is 6.20. The lowest BCUT2D eigenvalue weighted by atomic mass is 10.1. The molecule has 0 amide bonds. The normalized spacial score (nSPS) is 19.1. The summed E-state index contributed by atoms with van der Waals surface area (Å²) in [6, 6.07) is 3.93. The van der Waals surface area contributed by atoms with Gasteiger partial charge in [0.1, 0.15) is 11.3 Å². The van der Waals surface area contributed by atoms with E-state index in [0.29, 0.717) is 5.92 Å². The van der Waals surface area contributed by atoms with Gasteiger partial charge in [-0.25, -0.2) is 9.97 Å². The minimum atomic E-state index is -0.0781. The molecule has 1 fully saturated rings. The van der Waals surface area contributed by atoms with Crippen LogP contribution in [0.4, 0.5) is 0 Å². The Hall–Kier alpha value is -1.09. The van der Waals surface area contributed by atoms with Crippen molar-refractivity contribution in [1.82, 2.24) is 14.5 Å². The smallest absolute Gasteiger partial charge is 0.160 e. The molecular weight excluding hydrogens is 246 g/mol. The Morgan fingerprint density at radius 1 is 1.44 bits per heavy atom. The fourth-order valence-electron chi connectivity index (χ4n) is 2.56. The van der Waals surface area contributed by atoms with Crippen molar-refractivity contribution >= 4 is 22.8 Å². The monoisotopic (exact) mass is 263 g/mol. The maximum atomic E-state index is 6.25. The first-order chi connectivity index (χ1) is 8.66. The first-order valence-corrected chi connectivity index (χ1v) is 7.05. The Kier molecular flexibility index (Phi) is 3.02. The number of hydrogen-bond acceptors (Lipinski definition) is 2. The van der Waals surface area contributed by atoms with E-state index < -0.39 is 0 Å². The molecule has 0 saturated heterocycles. The van der Waals surface area contributed by atoms with Crippen LogP contribution in [-0.4, -0.2) is 14.5 Å². The molecule has 0 spiro atoms. The summed E-state index contributed by atoms with van der Waals surface area (Å²) in [4.78, 5) is 9.07. The third-order valence-corrected chi connectivity index (χ3v) is 3.98. The third kappa shape index (κ3) is 2.12. The number of fused-ring (bicyclic) bond motifs is 1. The van der Waals surface area contributed by atoms with Gasteiger partial charge < -0.3 is 4.57 Å². The van der Waals surface area contributed by atoms with Crippen LogP contribution in [0.15, 0.2) is 18.3 Å². The molecule has 2 aromatic heterocycles. The Morgan fingerprint density at radius 2 is 2.22 bits per heavy atom. The number of alkyl halides is 1. The van der Waals surface area contributed by atoms with Crippen LogP contribution in [-0.2, 0) is 6.54 Å². The molecule has 1 aliphatic rings. The molecule has 3 nitrogen and oxygen atoms in total. The summed E-state index contributed by atoms with van der Waals surface area (Å²) in [5, 5.41) is -0.0781. The van der Waals surface area contributed by atoms with E-state index in [4.69, 9.17) is 11.6 Å². The van der Waals surface area contributed by atoms with E-state index >= 15 is 0 Å². The van der Waals surface area contributed by atoms with Gasteiger partial charge in [-0.05, 0) is 43.7 Å². The number of imidazole rings is 1. The minimum Gasteiger partial charge on any atom is -0.311 e. The molecule has 0 N–H and O–H groups in total. The maximum absolute atomic E-state index is 6.25. The number of halogens is 1. The second-order valence-corrected chi connectivity index (χ2v) is 6.01. The van der Waals surface area contributed by atoms with Crippen molar-refractivity contribution in [2.24, 2.45) is 11.8 Å². The van der Waals surface area contributed by atoms with Gasteiger partial charge in [-0.1, -0.05) is 6.92 Å². The van der Waals surface area contributed by atoms with Gasteiger partial charge in [0.15, 0.2) is 5.65 Å². The van der Waals surface area contributed by atoms with E-state index in [2.05, 4.69) is 21.5 Å². The lowest BCUT2D eigenvalue weighted by molar-refractivity contribution is 0.427. The standard InChI is InChI=1S/C14H18ClN3/c1-9(11-5-6-11)8-18-13(10(2)15)17-12-4-3-7-16-14(12)18/h3-4,7,9-11H,5-6,8H2,1-2H3. The summed E-state index contributed by atoms with van der Waals surface area (Å²) in [6.07, 6.45) is 4.56. The summed E-state index contributed by atoms with van der Waals surface area (Å²) in [5.41, 5.74) is 1.91. The van der Waals surface area contributed by atoms with Gasteiger partial charge in [-0.15, -0.1) is 11.6 Å². The topological polar surface area (TPSA) is 30.7 Å². The molecule has 1 saturated carbocycles. The molecule has 18 heavy (non-hydrogen) atoms. The van der Waals surface area contributed by atoms with Gasteiger partial charge in [0, 0.05) is 12.7 Å². The van der Waals surface area contributed by atoms with Crippen LogP contribution in [0.5, 0.6) is 0 Å². The lowest BCUT2D eigenvalue weighted by Gasteiger charge is -2.15. The summed E-state index contributed by atoms with van der Waals surface area (Å²) < 4.78 is 2.20. The van der Waals surface area contributed by atoms with E-state index in [1.54, 1.807) is 0 Å². The predicted molar refractivity (Wildman–Crippen MR) is 73.7 cm³/mol. The van der Waals surface area contributed by atoms with Gasteiger partial charge >= 0.3 is 0 Å². The summed E-state index contributed by atoms with van der Waals surface area (Å²) in [5.74, 6) is 2.50. The fraction of sp³-hybridized carbons (Fsp3) is 0.571. The molecule has 0 bridgehead atoms. The molecule has 2 aromatic rings. The highest BCUT2D eigenvalue weighted by atomic mass is 35.5. The molecule has 0 aromatic carbocycles. The zero-order chi connectivity index (χ0) is 12.7. The van der Waals surface area contributed by atoms with Crippen LogP contribution < -0.4 is 0 Å². The van der Waals surface area contributed by atoms with Gasteiger partial charge in [0.25, 0.3) is 0 Å². The third-order valence-electron chi connectivity index (χ3n) is 3.79. The average Bonchev–Trinajstić information content (AvgIpc) is 3.13. The quantitative estimate of drug-likeness (QED) is 0.786. The van der Waals surface area contributed by atoms with E-state index in [9.17, 15) is 0 Å². The molecule has 96 valence electrons. The predicted octanol–water partition coefficient (Wildman–Crippen LogP) is 3.78. The van der Waals surface area contributed by atoms with E-state index in [1.165, 1.54) is 12.8 Å². The van der Waals surface area contributed by atoms with Crippen LogP contribution in [0, 0.1) is 11.8 Å². The number of aromatic nitrogens is 3. The number of pyridine rings is 1. The van der Waals surface area contributed by atoms with Crippen molar-refractivity contribution in [2.45, 2.75) is 38.6 Å². The van der Waals surface area contributed by atoms with Gasteiger partial charge in [0.05, 0.1) is 5.38 Å². The van der Waals surface area contributed by atoms with Crippen LogP contribution in [0.3, 0.4) is 0 Å². The van der Waals surface area contributed by atoms with Crippen LogP contribution in [0.25, 0.3) is 11.2 Å². The molecule has 2 atom stereocenters. The van der Waals surface area contributed by atoms with Gasteiger partial charge in [-0.3, -0.25) is 0 Å². The SMILES string of the molecule is CC(Cl)c1nc2cccnc2n1CC(C)C1CC1. The van der Waals surface area contributed by atoms with Gasteiger partial charge in [-0.2, -0.15) is 0 Å². The molecule has 0 aliphatic heterocycles. The number of rotatable bonds is 4. The molecule has 4 heteroatoms. The average molecular weight is 264 g/mol. The maximum Gasteiger partial charge on any atom is 0.160 e. The summed E-state index contributed by atoms with van der Waals surface area (Å²) >= 11 is 6.25. The Morgan fingerprint density at radius 3 is 2.89 bits per heavy atom. The highest BCUT2D eigenvalue weighted by Crippen LogP contribution is 2.38. The Bertz CT molecular complexity index is 557. The van der Waals surface area contributed by atoms with Crippen molar-refractivity contribution in [3.63, 3.8) is 0 Å². The van der Waals surface area contributed by atoms with Gasteiger partial charge in [0.2, 0.25) is 0 Å². The zero-order valence-corrected chi connectivity index (χ0v) is 11.6. The van der Waals surface area contributed by atoms with E-state index in [1.807, 2.05) is 25.3 Å².